The summed E-state index contributed by atoms with van der Waals surface area (Å²) in [5.74, 6) is -1.80. The fourth-order valence-electron chi connectivity index (χ4n) is 4.18. The van der Waals surface area contributed by atoms with Crippen LogP contribution in [-0.4, -0.2) is 53.1 Å². The average Bonchev–Trinajstić information content (AvgIpc) is 3.04. The lowest BCUT2D eigenvalue weighted by molar-refractivity contribution is -0.131. The lowest BCUT2D eigenvalue weighted by Gasteiger charge is -2.36. The molecule has 2 aliphatic heterocycles. The second kappa shape index (κ2) is 8.71. The van der Waals surface area contributed by atoms with Gasteiger partial charge in [0, 0.05) is 25.6 Å². The van der Waals surface area contributed by atoms with E-state index < -0.39 is 23.8 Å². The Labute approximate surface area is 180 Å². The summed E-state index contributed by atoms with van der Waals surface area (Å²) in [4.78, 5) is 53.7. The molecule has 0 spiro atoms. The molecule has 3 amide bonds. The zero-order valence-electron chi connectivity index (χ0n) is 17.3. The first kappa shape index (κ1) is 20.8. The van der Waals surface area contributed by atoms with Gasteiger partial charge in [-0.2, -0.15) is 0 Å². The molecule has 2 aromatic carbocycles. The Balaban J connectivity index is 1.46. The molecule has 0 bridgehead atoms. The number of rotatable bonds is 5. The van der Waals surface area contributed by atoms with Gasteiger partial charge in [0.25, 0.3) is 11.8 Å². The normalized spacial score (nSPS) is 20.7. The summed E-state index contributed by atoms with van der Waals surface area (Å²) in [5.41, 5.74) is 1.57. The second-order valence-corrected chi connectivity index (χ2v) is 7.92. The molecule has 2 aliphatic rings. The maximum atomic E-state index is 13.0. The van der Waals surface area contributed by atoms with Gasteiger partial charge >= 0.3 is 6.09 Å². The van der Waals surface area contributed by atoms with Crippen molar-refractivity contribution in [2.24, 2.45) is 11.8 Å². The fraction of sp³-hybridized carbons (Fsp3) is 0.333. The molecule has 31 heavy (non-hydrogen) atoms. The first-order chi connectivity index (χ1) is 15.0. The van der Waals surface area contributed by atoms with Gasteiger partial charge in [0.05, 0.1) is 17.0 Å². The zero-order valence-corrected chi connectivity index (χ0v) is 17.3. The number of hydrogen-bond acceptors (Lipinski definition) is 5. The van der Waals surface area contributed by atoms with E-state index in [1.54, 1.807) is 24.3 Å². The van der Waals surface area contributed by atoms with Crippen LogP contribution in [-0.2, 0) is 16.1 Å². The van der Waals surface area contributed by atoms with Crippen LogP contribution >= 0.6 is 0 Å². The van der Waals surface area contributed by atoms with Crippen molar-refractivity contribution in [3.8, 4) is 0 Å². The van der Waals surface area contributed by atoms with E-state index in [2.05, 4.69) is 0 Å². The topological polar surface area (TPSA) is 84.0 Å². The number of carbonyl (C=O) groups excluding carboxylic acids is 4. The molecule has 2 heterocycles. The highest BCUT2D eigenvalue weighted by Gasteiger charge is 2.42. The molecule has 0 aromatic heterocycles. The number of fused-ring (bicyclic) bond motifs is 1. The van der Waals surface area contributed by atoms with Gasteiger partial charge in [-0.25, -0.2) is 4.79 Å². The molecule has 1 fully saturated rings. The van der Waals surface area contributed by atoms with E-state index in [0.717, 1.165) is 10.5 Å². The third kappa shape index (κ3) is 4.08. The highest BCUT2D eigenvalue weighted by atomic mass is 16.6. The molecule has 2 aromatic rings. The Bertz CT molecular complexity index is 985. The van der Waals surface area contributed by atoms with Gasteiger partial charge in [-0.3, -0.25) is 19.3 Å². The van der Waals surface area contributed by atoms with E-state index in [4.69, 9.17) is 4.74 Å². The summed E-state index contributed by atoms with van der Waals surface area (Å²) in [5, 5.41) is 0. The minimum absolute atomic E-state index is 0.0221. The number of ketones is 1. The number of hydrogen-bond donors (Lipinski definition) is 0. The van der Waals surface area contributed by atoms with E-state index in [-0.39, 0.29) is 37.9 Å². The minimum Gasteiger partial charge on any atom is -0.445 e. The van der Waals surface area contributed by atoms with Crippen LogP contribution in [0.5, 0.6) is 0 Å². The number of Topliss-reactive ketones (excluding diaryl/α,β-unsaturated/α-hetero) is 1. The van der Waals surface area contributed by atoms with Crippen LogP contribution in [0, 0.1) is 11.8 Å². The summed E-state index contributed by atoms with van der Waals surface area (Å²) < 4.78 is 5.44. The molecule has 7 heteroatoms. The van der Waals surface area contributed by atoms with Gasteiger partial charge in [0.15, 0.2) is 0 Å². The van der Waals surface area contributed by atoms with Crippen LogP contribution in [0.15, 0.2) is 54.6 Å². The summed E-state index contributed by atoms with van der Waals surface area (Å²) in [6.45, 7) is 2.40. The third-order valence-electron chi connectivity index (χ3n) is 5.92. The smallest absolute Gasteiger partial charge is 0.410 e. The Kier molecular flexibility index (Phi) is 5.84. The zero-order chi connectivity index (χ0) is 22.0. The van der Waals surface area contributed by atoms with Crippen molar-refractivity contribution >= 4 is 23.7 Å². The molecule has 0 aliphatic carbocycles. The van der Waals surface area contributed by atoms with Crippen molar-refractivity contribution in [1.29, 1.82) is 0 Å². The predicted octanol–water partition coefficient (Wildman–Crippen LogP) is 3.15. The summed E-state index contributed by atoms with van der Waals surface area (Å²) in [6.07, 6.45) is 0.0714. The standard InChI is InChI=1S/C24H24N2O5/c1-2-17-12-25(24(30)31-15-16-8-4-3-5-9-16)13-18(21(17)27)14-26-22(28)19-10-6-7-11-20(19)23(26)29/h3-11,17-18H,2,12-15H2,1H3. The predicted molar refractivity (Wildman–Crippen MR) is 112 cm³/mol. The van der Waals surface area contributed by atoms with E-state index in [1.165, 1.54) is 4.90 Å². The number of amides is 3. The van der Waals surface area contributed by atoms with Crippen LogP contribution in [0.25, 0.3) is 0 Å². The largest absolute Gasteiger partial charge is 0.445 e. The lowest BCUT2D eigenvalue weighted by atomic mass is 9.86. The van der Waals surface area contributed by atoms with E-state index in [9.17, 15) is 19.2 Å². The number of nitrogens with zero attached hydrogens (tertiary/aromatic N) is 2. The third-order valence-corrected chi connectivity index (χ3v) is 5.92. The van der Waals surface area contributed by atoms with Gasteiger partial charge in [-0.05, 0) is 24.1 Å². The number of ether oxygens (including phenoxy) is 1. The highest BCUT2D eigenvalue weighted by molar-refractivity contribution is 6.21. The van der Waals surface area contributed by atoms with Crippen LogP contribution in [0.2, 0.25) is 0 Å². The minimum atomic E-state index is -0.634. The van der Waals surface area contributed by atoms with Gasteiger partial charge in [0.1, 0.15) is 12.4 Å². The van der Waals surface area contributed by atoms with Crippen molar-refractivity contribution in [3.05, 3.63) is 71.3 Å². The molecule has 0 N–H and O–H groups in total. The maximum Gasteiger partial charge on any atom is 0.410 e. The molecule has 1 saturated heterocycles. The second-order valence-electron chi connectivity index (χ2n) is 7.92. The van der Waals surface area contributed by atoms with Crippen molar-refractivity contribution in [3.63, 3.8) is 0 Å². The molecular formula is C24H24N2O5. The van der Waals surface area contributed by atoms with Crippen LogP contribution < -0.4 is 0 Å². The van der Waals surface area contributed by atoms with Crippen molar-refractivity contribution in [2.45, 2.75) is 20.0 Å². The number of benzene rings is 2. The van der Waals surface area contributed by atoms with E-state index >= 15 is 0 Å². The number of likely N-dealkylation sites (tertiary alicyclic amines) is 1. The van der Waals surface area contributed by atoms with Gasteiger partial charge in [-0.1, -0.05) is 49.4 Å². The Hall–Kier alpha value is -3.48. The highest BCUT2D eigenvalue weighted by Crippen LogP contribution is 2.27. The van der Waals surface area contributed by atoms with Crippen molar-refractivity contribution in [2.75, 3.05) is 19.6 Å². The molecule has 160 valence electrons. The van der Waals surface area contributed by atoms with Crippen LogP contribution in [0.3, 0.4) is 0 Å². The fourth-order valence-corrected chi connectivity index (χ4v) is 4.18. The molecule has 7 nitrogen and oxygen atoms in total. The molecule has 4 rings (SSSR count). The molecule has 0 saturated carbocycles. The van der Waals surface area contributed by atoms with E-state index in [1.807, 2.05) is 37.3 Å². The van der Waals surface area contributed by atoms with Crippen molar-refractivity contribution < 1.29 is 23.9 Å². The quantitative estimate of drug-likeness (QED) is 0.694. The Morgan fingerprint density at radius 3 is 2.10 bits per heavy atom. The summed E-state index contributed by atoms with van der Waals surface area (Å²) in [6, 6.07) is 16.0. The Morgan fingerprint density at radius 1 is 0.903 bits per heavy atom. The van der Waals surface area contributed by atoms with Gasteiger partial charge in [0.2, 0.25) is 0 Å². The maximum absolute atomic E-state index is 13.0. The molecule has 2 atom stereocenters. The van der Waals surface area contributed by atoms with Gasteiger partial charge < -0.3 is 9.64 Å². The number of piperidine rings is 1. The SMILES string of the molecule is CCC1CN(C(=O)OCc2ccccc2)CC(CN2C(=O)c3ccccc3C2=O)C1=O. The monoisotopic (exact) mass is 420 g/mol. The number of imide groups is 1. The Morgan fingerprint density at radius 2 is 1.48 bits per heavy atom. The summed E-state index contributed by atoms with van der Waals surface area (Å²) >= 11 is 0. The first-order valence-electron chi connectivity index (χ1n) is 10.4. The molecule has 0 radical (unpaired) electrons. The number of carbonyl (C=O) groups is 4. The van der Waals surface area contributed by atoms with Crippen LogP contribution in [0.4, 0.5) is 4.79 Å². The average molecular weight is 420 g/mol. The summed E-state index contributed by atoms with van der Waals surface area (Å²) in [7, 11) is 0. The van der Waals surface area contributed by atoms with Crippen LogP contribution in [0.1, 0.15) is 39.6 Å². The lowest BCUT2D eigenvalue weighted by Crippen LogP contribution is -2.53. The van der Waals surface area contributed by atoms with E-state index in [0.29, 0.717) is 17.5 Å². The molecule has 2 unspecified atom stereocenters. The van der Waals surface area contributed by atoms with Crippen molar-refractivity contribution in [1.82, 2.24) is 9.80 Å². The molecular weight excluding hydrogens is 396 g/mol. The van der Waals surface area contributed by atoms with Gasteiger partial charge in [-0.15, -0.1) is 0 Å². The first-order valence-corrected chi connectivity index (χ1v) is 10.4.